The topological polar surface area (TPSA) is 24.9 Å². The zero-order chi connectivity index (χ0) is 11.5. The fourth-order valence-corrected chi connectivity index (χ4v) is 2.78. The first-order valence-electron chi connectivity index (χ1n) is 5.68. The predicted molar refractivity (Wildman–Crippen MR) is 72.2 cm³/mol. The van der Waals surface area contributed by atoms with E-state index in [0.29, 0.717) is 11.4 Å². The fraction of sp³-hybridized carbons (Fsp3) is 0.583. The standard InChI is InChI=1S/C12H16BrClN2/c1-8-6-9(13)7-15-12(8)16-11-4-2-10(14)3-5-11/h6-7,10-11H,2-5H2,1H3,(H,15,16). The molecule has 1 aliphatic rings. The Hall–Kier alpha value is -0.280. The van der Waals surface area contributed by atoms with Gasteiger partial charge in [-0.25, -0.2) is 4.98 Å². The summed E-state index contributed by atoms with van der Waals surface area (Å²) in [5.74, 6) is 1.00. The van der Waals surface area contributed by atoms with Crippen LogP contribution in [-0.4, -0.2) is 16.4 Å². The first-order chi connectivity index (χ1) is 7.65. The van der Waals surface area contributed by atoms with Gasteiger partial charge in [-0.05, 0) is 60.2 Å². The van der Waals surface area contributed by atoms with E-state index in [-0.39, 0.29) is 0 Å². The molecule has 1 N–H and O–H groups in total. The monoisotopic (exact) mass is 302 g/mol. The number of aromatic nitrogens is 1. The lowest BCUT2D eigenvalue weighted by Gasteiger charge is -2.26. The van der Waals surface area contributed by atoms with Gasteiger partial charge in [0.1, 0.15) is 5.82 Å². The molecule has 0 radical (unpaired) electrons. The summed E-state index contributed by atoms with van der Waals surface area (Å²) in [6.07, 6.45) is 6.34. The third kappa shape index (κ3) is 3.11. The van der Waals surface area contributed by atoms with Gasteiger partial charge in [-0.1, -0.05) is 0 Å². The van der Waals surface area contributed by atoms with E-state index < -0.39 is 0 Å². The van der Waals surface area contributed by atoms with Crippen LogP contribution in [0.25, 0.3) is 0 Å². The Kier molecular flexibility index (Phi) is 4.09. The van der Waals surface area contributed by atoms with Crippen LogP contribution in [0.3, 0.4) is 0 Å². The Balaban J connectivity index is 1.98. The van der Waals surface area contributed by atoms with Crippen LogP contribution in [0.2, 0.25) is 0 Å². The van der Waals surface area contributed by atoms with Crippen molar-refractivity contribution in [2.75, 3.05) is 5.32 Å². The second-order valence-corrected chi connectivity index (χ2v) is 5.95. The summed E-state index contributed by atoms with van der Waals surface area (Å²) in [7, 11) is 0. The third-order valence-corrected chi connectivity index (χ3v) is 3.91. The molecule has 2 nitrogen and oxygen atoms in total. The third-order valence-electron chi connectivity index (χ3n) is 3.04. The van der Waals surface area contributed by atoms with E-state index in [0.717, 1.165) is 36.0 Å². The summed E-state index contributed by atoms with van der Waals surface area (Å²) in [6.45, 7) is 2.08. The minimum Gasteiger partial charge on any atom is -0.367 e. The van der Waals surface area contributed by atoms with Crippen molar-refractivity contribution in [3.05, 3.63) is 22.3 Å². The molecule has 16 heavy (non-hydrogen) atoms. The van der Waals surface area contributed by atoms with Crippen molar-refractivity contribution in [1.82, 2.24) is 4.98 Å². The van der Waals surface area contributed by atoms with Crippen LogP contribution >= 0.6 is 27.5 Å². The highest BCUT2D eigenvalue weighted by Crippen LogP contribution is 2.26. The van der Waals surface area contributed by atoms with Gasteiger partial charge < -0.3 is 5.32 Å². The van der Waals surface area contributed by atoms with Gasteiger partial charge in [0.15, 0.2) is 0 Å². The Morgan fingerprint density at radius 1 is 1.38 bits per heavy atom. The van der Waals surface area contributed by atoms with Crippen molar-refractivity contribution in [2.45, 2.75) is 44.0 Å². The molecule has 1 fully saturated rings. The van der Waals surface area contributed by atoms with E-state index in [1.165, 1.54) is 5.56 Å². The largest absolute Gasteiger partial charge is 0.367 e. The molecule has 0 atom stereocenters. The number of hydrogen-bond donors (Lipinski definition) is 1. The highest BCUT2D eigenvalue weighted by Gasteiger charge is 2.19. The summed E-state index contributed by atoms with van der Waals surface area (Å²) in [4.78, 5) is 4.40. The number of nitrogens with zero attached hydrogens (tertiary/aromatic N) is 1. The minimum absolute atomic E-state index is 0.372. The molecule has 2 rings (SSSR count). The Bertz CT molecular complexity index is 362. The van der Waals surface area contributed by atoms with Gasteiger partial charge in [0.05, 0.1) is 0 Å². The minimum atomic E-state index is 0.372. The average molecular weight is 304 g/mol. The summed E-state index contributed by atoms with van der Waals surface area (Å²) in [5.41, 5.74) is 1.18. The molecule has 0 bridgehead atoms. The predicted octanol–water partition coefficient (Wildman–Crippen LogP) is 4.11. The van der Waals surface area contributed by atoms with Crippen LogP contribution in [0, 0.1) is 6.92 Å². The maximum absolute atomic E-state index is 6.09. The van der Waals surface area contributed by atoms with Crippen molar-refractivity contribution >= 4 is 33.3 Å². The van der Waals surface area contributed by atoms with E-state index in [2.05, 4.69) is 39.2 Å². The van der Waals surface area contributed by atoms with Crippen molar-refractivity contribution in [1.29, 1.82) is 0 Å². The molecule has 0 unspecified atom stereocenters. The molecule has 1 aromatic heterocycles. The lowest BCUT2D eigenvalue weighted by molar-refractivity contribution is 0.467. The molecule has 0 spiro atoms. The molecule has 0 saturated heterocycles. The molecule has 4 heteroatoms. The molecular formula is C12H16BrClN2. The molecule has 1 aliphatic carbocycles. The van der Waals surface area contributed by atoms with E-state index >= 15 is 0 Å². The molecule has 1 saturated carbocycles. The van der Waals surface area contributed by atoms with Crippen molar-refractivity contribution < 1.29 is 0 Å². The second kappa shape index (κ2) is 5.37. The van der Waals surface area contributed by atoms with Crippen LogP contribution < -0.4 is 5.32 Å². The fourth-order valence-electron chi connectivity index (χ4n) is 2.08. The van der Waals surface area contributed by atoms with Crippen molar-refractivity contribution in [2.24, 2.45) is 0 Å². The maximum Gasteiger partial charge on any atom is 0.129 e. The summed E-state index contributed by atoms with van der Waals surface area (Å²) in [5, 5.41) is 3.88. The van der Waals surface area contributed by atoms with Crippen LogP contribution in [0.15, 0.2) is 16.7 Å². The zero-order valence-corrected chi connectivity index (χ0v) is 11.7. The van der Waals surface area contributed by atoms with E-state index in [1.54, 1.807) is 0 Å². The van der Waals surface area contributed by atoms with Gasteiger partial charge in [0, 0.05) is 22.1 Å². The van der Waals surface area contributed by atoms with E-state index in [1.807, 2.05) is 6.20 Å². The maximum atomic E-state index is 6.09. The second-order valence-electron chi connectivity index (χ2n) is 4.41. The normalized spacial score (nSPS) is 25.4. The molecule has 0 aromatic carbocycles. The van der Waals surface area contributed by atoms with E-state index in [9.17, 15) is 0 Å². The van der Waals surface area contributed by atoms with Gasteiger partial charge in [0.25, 0.3) is 0 Å². The number of aryl methyl sites for hydroxylation is 1. The van der Waals surface area contributed by atoms with Crippen molar-refractivity contribution in [3.8, 4) is 0 Å². The molecule has 1 heterocycles. The first kappa shape index (κ1) is 12.2. The lowest BCUT2D eigenvalue weighted by Crippen LogP contribution is -2.27. The van der Waals surface area contributed by atoms with Crippen LogP contribution in [0.5, 0.6) is 0 Å². The molecule has 0 aliphatic heterocycles. The van der Waals surface area contributed by atoms with Gasteiger partial charge in [-0.3, -0.25) is 0 Å². The van der Waals surface area contributed by atoms with Crippen molar-refractivity contribution in [3.63, 3.8) is 0 Å². The van der Waals surface area contributed by atoms with Gasteiger partial charge in [0.2, 0.25) is 0 Å². The molecule has 1 aromatic rings. The van der Waals surface area contributed by atoms with Gasteiger partial charge >= 0.3 is 0 Å². The summed E-state index contributed by atoms with van der Waals surface area (Å²) < 4.78 is 1.03. The summed E-state index contributed by atoms with van der Waals surface area (Å²) >= 11 is 9.51. The number of hydrogen-bond acceptors (Lipinski definition) is 2. The summed E-state index contributed by atoms with van der Waals surface area (Å²) in [6, 6.07) is 2.62. The Morgan fingerprint density at radius 3 is 2.69 bits per heavy atom. The smallest absolute Gasteiger partial charge is 0.129 e. The Labute approximate surface area is 110 Å². The zero-order valence-electron chi connectivity index (χ0n) is 9.34. The number of pyridine rings is 1. The van der Waals surface area contributed by atoms with Gasteiger partial charge in [-0.15, -0.1) is 11.6 Å². The molecule has 0 amide bonds. The Morgan fingerprint density at radius 2 is 2.06 bits per heavy atom. The SMILES string of the molecule is Cc1cc(Br)cnc1NC1CCC(Cl)CC1. The van der Waals surface area contributed by atoms with Gasteiger partial charge in [-0.2, -0.15) is 0 Å². The van der Waals surface area contributed by atoms with E-state index in [4.69, 9.17) is 11.6 Å². The quantitative estimate of drug-likeness (QED) is 0.832. The number of alkyl halides is 1. The first-order valence-corrected chi connectivity index (χ1v) is 6.91. The van der Waals surface area contributed by atoms with Crippen LogP contribution in [0.4, 0.5) is 5.82 Å². The highest BCUT2D eigenvalue weighted by atomic mass is 79.9. The van der Waals surface area contributed by atoms with Crippen LogP contribution in [0.1, 0.15) is 31.2 Å². The average Bonchev–Trinajstić information content (AvgIpc) is 2.25. The number of rotatable bonds is 2. The molecule has 88 valence electrons. The number of halogens is 2. The molecular weight excluding hydrogens is 288 g/mol. The number of anilines is 1. The number of nitrogens with one attached hydrogen (secondary N) is 1. The highest BCUT2D eigenvalue weighted by molar-refractivity contribution is 9.10. The lowest BCUT2D eigenvalue weighted by atomic mass is 9.95. The van der Waals surface area contributed by atoms with Crippen LogP contribution in [-0.2, 0) is 0 Å².